The summed E-state index contributed by atoms with van der Waals surface area (Å²) in [6.45, 7) is 3.80. The van der Waals surface area contributed by atoms with E-state index in [4.69, 9.17) is 17.0 Å². The lowest BCUT2D eigenvalue weighted by Gasteiger charge is -2.11. The van der Waals surface area contributed by atoms with Crippen molar-refractivity contribution < 1.29 is 9.13 Å². The number of hydrogen-bond acceptors (Lipinski definition) is 3. The first-order valence-electron chi connectivity index (χ1n) is 6.01. The molecule has 19 heavy (non-hydrogen) atoms. The van der Waals surface area contributed by atoms with E-state index >= 15 is 0 Å². The third-order valence-electron chi connectivity index (χ3n) is 2.99. The molecule has 2 rings (SSSR count). The van der Waals surface area contributed by atoms with Crippen molar-refractivity contribution in [3.63, 3.8) is 0 Å². The number of nitrogens with zero attached hydrogens (tertiary/aromatic N) is 1. The number of aryl methyl sites for hydroxylation is 1. The number of ether oxygens (including phenoxy) is 1. The molecule has 1 aromatic heterocycles. The molecule has 0 fully saturated rings. The summed E-state index contributed by atoms with van der Waals surface area (Å²) in [7, 11) is 1.45. The van der Waals surface area contributed by atoms with Crippen molar-refractivity contribution in [1.29, 1.82) is 0 Å². The molecule has 0 amide bonds. The molecule has 0 unspecified atom stereocenters. The highest BCUT2D eigenvalue weighted by Gasteiger charge is 2.14. The fraction of sp³-hybridized carbons (Fsp3) is 0.286. The highest BCUT2D eigenvalue weighted by molar-refractivity contribution is 7.71. The van der Waals surface area contributed by atoms with Crippen LogP contribution in [0.25, 0.3) is 11.3 Å². The summed E-state index contributed by atoms with van der Waals surface area (Å²) in [4.78, 5) is 7.39. The van der Waals surface area contributed by atoms with Gasteiger partial charge in [0.15, 0.2) is 11.6 Å². The average Bonchev–Trinajstić information content (AvgIpc) is 2.42. The van der Waals surface area contributed by atoms with E-state index in [1.165, 1.54) is 7.11 Å². The van der Waals surface area contributed by atoms with Gasteiger partial charge in [-0.25, -0.2) is 9.37 Å². The molecule has 0 aliphatic carbocycles. The Balaban J connectivity index is 2.71. The van der Waals surface area contributed by atoms with Gasteiger partial charge in [-0.15, -0.1) is 0 Å². The number of nitrogens with one attached hydrogen (secondary N) is 1. The fourth-order valence-corrected chi connectivity index (χ4v) is 2.09. The van der Waals surface area contributed by atoms with Crippen molar-refractivity contribution in [3.8, 4) is 17.0 Å². The lowest BCUT2D eigenvalue weighted by Crippen LogP contribution is -2.01. The lowest BCUT2D eigenvalue weighted by molar-refractivity contribution is 0.387. The smallest absolute Gasteiger partial charge is 0.174 e. The summed E-state index contributed by atoms with van der Waals surface area (Å²) < 4.78 is 19.8. The Morgan fingerprint density at radius 1 is 1.42 bits per heavy atom. The number of aromatic amines is 1. The zero-order chi connectivity index (χ0) is 14.0. The topological polar surface area (TPSA) is 37.9 Å². The normalized spacial score (nSPS) is 10.5. The Morgan fingerprint density at radius 2 is 2.16 bits per heavy atom. The average molecular weight is 278 g/mol. The molecule has 0 saturated carbocycles. The Morgan fingerprint density at radius 3 is 2.79 bits per heavy atom. The van der Waals surface area contributed by atoms with Gasteiger partial charge in [0.05, 0.1) is 12.8 Å². The quantitative estimate of drug-likeness (QED) is 0.867. The molecule has 5 heteroatoms. The molecular formula is C14H15FN2OS. The Labute approximate surface area is 116 Å². The van der Waals surface area contributed by atoms with Gasteiger partial charge in [-0.3, -0.25) is 0 Å². The van der Waals surface area contributed by atoms with Crippen LogP contribution in [0.15, 0.2) is 18.2 Å². The summed E-state index contributed by atoms with van der Waals surface area (Å²) in [6.07, 6.45) is 0.711. The van der Waals surface area contributed by atoms with E-state index < -0.39 is 5.82 Å². The molecule has 0 radical (unpaired) electrons. The summed E-state index contributed by atoms with van der Waals surface area (Å²) in [6, 6.07) is 5.04. The molecule has 1 heterocycles. The second kappa shape index (κ2) is 5.48. The first-order chi connectivity index (χ1) is 9.08. The molecular weight excluding hydrogens is 263 g/mol. The molecule has 1 aromatic carbocycles. The van der Waals surface area contributed by atoms with Crippen molar-refractivity contribution in [3.05, 3.63) is 40.0 Å². The van der Waals surface area contributed by atoms with E-state index in [1.54, 1.807) is 18.2 Å². The number of hydrogen-bond donors (Lipinski definition) is 1. The number of halogens is 1. The molecule has 0 bridgehead atoms. The van der Waals surface area contributed by atoms with Crippen LogP contribution in [0.1, 0.15) is 18.3 Å². The van der Waals surface area contributed by atoms with Crippen molar-refractivity contribution in [2.24, 2.45) is 0 Å². The minimum Gasteiger partial charge on any atom is -0.494 e. The Bertz CT molecular complexity index is 667. The van der Waals surface area contributed by atoms with Crippen molar-refractivity contribution >= 4 is 12.2 Å². The van der Waals surface area contributed by atoms with E-state index in [0.29, 0.717) is 22.3 Å². The standard InChI is InChI=1S/C14H15FN2OS/c1-4-11-16-13(8(2)14(19)17-11)9-6-5-7-10(18-3)12(9)15/h5-7H,4H2,1-3H3,(H,16,17,19). The van der Waals surface area contributed by atoms with Crippen LogP contribution in [0.5, 0.6) is 5.75 Å². The number of benzene rings is 1. The van der Waals surface area contributed by atoms with Crippen LogP contribution in [-0.2, 0) is 6.42 Å². The number of H-pyrrole nitrogens is 1. The molecule has 0 aliphatic rings. The van der Waals surface area contributed by atoms with Gasteiger partial charge in [-0.05, 0) is 19.1 Å². The van der Waals surface area contributed by atoms with Crippen molar-refractivity contribution in [2.75, 3.05) is 7.11 Å². The van der Waals surface area contributed by atoms with Crippen LogP contribution in [0.3, 0.4) is 0 Å². The molecule has 2 aromatic rings. The predicted octanol–water partition coefficient (Wildman–Crippen LogP) is 3.82. The zero-order valence-corrected chi connectivity index (χ0v) is 11.9. The molecule has 0 spiro atoms. The van der Waals surface area contributed by atoms with Crippen LogP contribution in [-0.4, -0.2) is 17.1 Å². The van der Waals surface area contributed by atoms with E-state index in [1.807, 2.05) is 13.8 Å². The van der Waals surface area contributed by atoms with Gasteiger partial charge in [-0.2, -0.15) is 0 Å². The molecule has 0 atom stereocenters. The van der Waals surface area contributed by atoms with Crippen LogP contribution in [0.4, 0.5) is 4.39 Å². The number of rotatable bonds is 3. The summed E-state index contributed by atoms with van der Waals surface area (Å²) in [5, 5.41) is 0. The number of aromatic nitrogens is 2. The molecule has 3 nitrogen and oxygen atoms in total. The second-order valence-electron chi connectivity index (χ2n) is 4.16. The maximum Gasteiger partial charge on any atom is 0.174 e. The fourth-order valence-electron chi connectivity index (χ4n) is 1.88. The SMILES string of the molecule is CCc1nc(=S)c(C)c(-c2cccc(OC)c2F)[nH]1. The van der Waals surface area contributed by atoms with E-state index in [9.17, 15) is 4.39 Å². The van der Waals surface area contributed by atoms with Crippen LogP contribution >= 0.6 is 12.2 Å². The Kier molecular flexibility index (Phi) is 3.95. The van der Waals surface area contributed by atoms with E-state index in [0.717, 1.165) is 11.4 Å². The highest BCUT2D eigenvalue weighted by Crippen LogP contribution is 2.29. The van der Waals surface area contributed by atoms with Crippen LogP contribution in [0.2, 0.25) is 0 Å². The van der Waals surface area contributed by atoms with Gasteiger partial charge >= 0.3 is 0 Å². The molecule has 0 aliphatic heterocycles. The summed E-state index contributed by atoms with van der Waals surface area (Å²) >= 11 is 5.21. The zero-order valence-electron chi connectivity index (χ0n) is 11.1. The van der Waals surface area contributed by atoms with E-state index in [2.05, 4.69) is 9.97 Å². The minimum absolute atomic E-state index is 0.214. The molecule has 100 valence electrons. The summed E-state index contributed by atoms with van der Waals surface area (Å²) in [5.41, 5.74) is 1.87. The number of methoxy groups -OCH3 is 1. The third-order valence-corrected chi connectivity index (χ3v) is 3.39. The first kappa shape index (κ1) is 13.7. The monoisotopic (exact) mass is 278 g/mol. The van der Waals surface area contributed by atoms with Crippen molar-refractivity contribution in [1.82, 2.24) is 9.97 Å². The molecule has 1 N–H and O–H groups in total. The maximum absolute atomic E-state index is 14.3. The van der Waals surface area contributed by atoms with E-state index in [-0.39, 0.29) is 5.75 Å². The van der Waals surface area contributed by atoms with Gasteiger partial charge in [0.2, 0.25) is 0 Å². The molecule has 0 saturated heterocycles. The minimum atomic E-state index is -0.396. The van der Waals surface area contributed by atoms with Crippen molar-refractivity contribution in [2.45, 2.75) is 20.3 Å². The van der Waals surface area contributed by atoms with Gasteiger partial charge in [-0.1, -0.05) is 25.2 Å². The maximum atomic E-state index is 14.3. The first-order valence-corrected chi connectivity index (χ1v) is 6.42. The summed E-state index contributed by atoms with van der Waals surface area (Å²) in [5.74, 6) is 0.561. The second-order valence-corrected chi connectivity index (χ2v) is 4.55. The van der Waals surface area contributed by atoms with Gasteiger partial charge < -0.3 is 9.72 Å². The van der Waals surface area contributed by atoms with Crippen LogP contribution in [0, 0.1) is 17.4 Å². The lowest BCUT2D eigenvalue weighted by atomic mass is 10.1. The Hall–Kier alpha value is -1.75. The predicted molar refractivity (Wildman–Crippen MR) is 75.5 cm³/mol. The largest absolute Gasteiger partial charge is 0.494 e. The van der Waals surface area contributed by atoms with Gasteiger partial charge in [0.25, 0.3) is 0 Å². The van der Waals surface area contributed by atoms with Crippen LogP contribution < -0.4 is 4.74 Å². The highest BCUT2D eigenvalue weighted by atomic mass is 32.1. The van der Waals surface area contributed by atoms with Gasteiger partial charge in [0, 0.05) is 17.5 Å². The van der Waals surface area contributed by atoms with Gasteiger partial charge in [0.1, 0.15) is 10.5 Å². The third kappa shape index (κ3) is 2.51.